The van der Waals surface area contributed by atoms with E-state index in [1.807, 2.05) is 18.2 Å². The van der Waals surface area contributed by atoms with E-state index in [9.17, 15) is 0 Å². The Morgan fingerprint density at radius 3 is 2.78 bits per heavy atom. The molecule has 0 amide bonds. The molecule has 2 aromatic rings. The normalized spacial score (nSPS) is 17.2. The van der Waals surface area contributed by atoms with E-state index >= 15 is 0 Å². The van der Waals surface area contributed by atoms with Crippen LogP contribution in [0.25, 0.3) is 11.0 Å². The number of nitrogen functional groups attached to an aromatic ring is 1. The molecule has 3 N–H and O–H groups in total. The number of fused-ring (bicyclic) bond motifs is 1. The zero-order chi connectivity index (χ0) is 12.5. The van der Waals surface area contributed by atoms with E-state index in [-0.39, 0.29) is 0 Å². The molecule has 1 aromatic carbocycles. The van der Waals surface area contributed by atoms with E-state index in [1.165, 1.54) is 32.1 Å². The first-order valence-electron chi connectivity index (χ1n) is 6.43. The van der Waals surface area contributed by atoms with Crippen molar-refractivity contribution in [2.24, 2.45) is 5.84 Å². The van der Waals surface area contributed by atoms with E-state index in [0.29, 0.717) is 11.1 Å². The number of nitrogens with zero attached hydrogens (tertiary/aromatic N) is 2. The number of halogens is 1. The second kappa shape index (κ2) is 4.78. The van der Waals surface area contributed by atoms with Crippen molar-refractivity contribution >= 4 is 28.6 Å². The summed E-state index contributed by atoms with van der Waals surface area (Å²) in [5.74, 6) is 6.33. The Hall–Kier alpha value is -1.26. The lowest BCUT2D eigenvalue weighted by atomic mass is 9.95. The molecule has 1 fully saturated rings. The van der Waals surface area contributed by atoms with Gasteiger partial charge in [-0.3, -0.25) is 5.43 Å². The van der Waals surface area contributed by atoms with E-state index < -0.39 is 0 Å². The number of imidazole rings is 1. The monoisotopic (exact) mass is 264 g/mol. The summed E-state index contributed by atoms with van der Waals surface area (Å²) in [6.07, 6.45) is 6.29. The Morgan fingerprint density at radius 1 is 1.28 bits per heavy atom. The molecule has 1 heterocycles. The van der Waals surface area contributed by atoms with Crippen molar-refractivity contribution in [3.63, 3.8) is 0 Å². The maximum atomic E-state index is 6.01. The molecule has 1 aliphatic carbocycles. The van der Waals surface area contributed by atoms with Crippen LogP contribution in [0.3, 0.4) is 0 Å². The molecule has 0 saturated heterocycles. The van der Waals surface area contributed by atoms with Gasteiger partial charge in [0.2, 0.25) is 5.95 Å². The van der Waals surface area contributed by atoms with Crippen LogP contribution in [0.1, 0.15) is 38.1 Å². The lowest BCUT2D eigenvalue weighted by Crippen LogP contribution is -2.18. The van der Waals surface area contributed by atoms with Crippen molar-refractivity contribution in [3.05, 3.63) is 23.2 Å². The van der Waals surface area contributed by atoms with Crippen molar-refractivity contribution < 1.29 is 0 Å². The summed E-state index contributed by atoms with van der Waals surface area (Å²) in [5.41, 5.74) is 4.72. The quantitative estimate of drug-likeness (QED) is 0.645. The third-order valence-electron chi connectivity index (χ3n) is 3.72. The first-order valence-corrected chi connectivity index (χ1v) is 6.81. The van der Waals surface area contributed by atoms with Gasteiger partial charge in [0, 0.05) is 11.1 Å². The summed E-state index contributed by atoms with van der Waals surface area (Å²) in [6.45, 7) is 0. The molecule has 4 nitrogen and oxygen atoms in total. The van der Waals surface area contributed by atoms with E-state index in [4.69, 9.17) is 17.4 Å². The second-order valence-corrected chi connectivity index (χ2v) is 5.31. The van der Waals surface area contributed by atoms with Gasteiger partial charge in [-0.2, -0.15) is 0 Å². The summed E-state index contributed by atoms with van der Waals surface area (Å²) < 4.78 is 2.23. The average Bonchev–Trinajstić information content (AvgIpc) is 2.77. The van der Waals surface area contributed by atoms with Crippen molar-refractivity contribution in [1.82, 2.24) is 9.55 Å². The molecule has 1 saturated carbocycles. The summed E-state index contributed by atoms with van der Waals surface area (Å²) >= 11 is 6.01. The van der Waals surface area contributed by atoms with Gasteiger partial charge in [0.1, 0.15) is 0 Å². The molecule has 0 atom stereocenters. The van der Waals surface area contributed by atoms with Gasteiger partial charge in [-0.15, -0.1) is 0 Å². The van der Waals surface area contributed by atoms with Gasteiger partial charge in [-0.25, -0.2) is 10.8 Å². The molecule has 0 unspecified atom stereocenters. The lowest BCUT2D eigenvalue weighted by Gasteiger charge is -2.25. The first kappa shape index (κ1) is 11.8. The van der Waals surface area contributed by atoms with Crippen molar-refractivity contribution in [2.45, 2.75) is 38.1 Å². The van der Waals surface area contributed by atoms with Crippen LogP contribution in [0.2, 0.25) is 5.02 Å². The van der Waals surface area contributed by atoms with Crippen LogP contribution in [-0.2, 0) is 0 Å². The van der Waals surface area contributed by atoms with E-state index in [1.54, 1.807) is 0 Å². The van der Waals surface area contributed by atoms with E-state index in [0.717, 1.165) is 17.0 Å². The summed E-state index contributed by atoms with van der Waals surface area (Å²) in [6, 6.07) is 6.32. The molecule has 0 bridgehead atoms. The molecule has 1 aromatic heterocycles. The number of nitrogens with one attached hydrogen (secondary N) is 1. The zero-order valence-corrected chi connectivity index (χ0v) is 11.0. The fourth-order valence-corrected chi connectivity index (χ4v) is 3.05. The fraction of sp³-hybridized carbons (Fsp3) is 0.462. The number of hydrogen-bond donors (Lipinski definition) is 2. The third kappa shape index (κ3) is 1.95. The Labute approximate surface area is 111 Å². The highest BCUT2D eigenvalue weighted by Crippen LogP contribution is 2.34. The SMILES string of the molecule is NNc1nc2cc(Cl)ccc2n1C1CCCCC1. The van der Waals surface area contributed by atoms with Crippen molar-refractivity contribution in [1.29, 1.82) is 0 Å². The molecule has 18 heavy (non-hydrogen) atoms. The Morgan fingerprint density at radius 2 is 2.06 bits per heavy atom. The lowest BCUT2D eigenvalue weighted by molar-refractivity contribution is 0.362. The first-order chi connectivity index (χ1) is 8.79. The van der Waals surface area contributed by atoms with Gasteiger partial charge in [0.05, 0.1) is 11.0 Å². The minimum absolute atomic E-state index is 0.496. The number of nitrogens with two attached hydrogens (primary N) is 1. The van der Waals surface area contributed by atoms with Gasteiger partial charge in [-0.05, 0) is 31.0 Å². The average molecular weight is 265 g/mol. The van der Waals surface area contributed by atoms with Gasteiger partial charge in [-0.1, -0.05) is 30.9 Å². The second-order valence-electron chi connectivity index (χ2n) is 4.87. The van der Waals surface area contributed by atoms with Crippen LogP contribution >= 0.6 is 11.6 Å². The molecule has 96 valence electrons. The van der Waals surface area contributed by atoms with Crippen LogP contribution in [0.15, 0.2) is 18.2 Å². The molecule has 3 rings (SSSR count). The number of anilines is 1. The van der Waals surface area contributed by atoms with Gasteiger partial charge in [0.15, 0.2) is 0 Å². The maximum absolute atomic E-state index is 6.01. The predicted octanol–water partition coefficient (Wildman–Crippen LogP) is 3.48. The zero-order valence-electron chi connectivity index (χ0n) is 10.2. The van der Waals surface area contributed by atoms with Crippen LogP contribution in [-0.4, -0.2) is 9.55 Å². The smallest absolute Gasteiger partial charge is 0.218 e. The van der Waals surface area contributed by atoms with Crippen LogP contribution in [0.4, 0.5) is 5.95 Å². The Bertz CT molecular complexity index is 557. The van der Waals surface area contributed by atoms with Gasteiger partial charge < -0.3 is 4.57 Å². The van der Waals surface area contributed by atoms with Crippen LogP contribution in [0, 0.1) is 0 Å². The topological polar surface area (TPSA) is 55.9 Å². The molecular formula is C13H17ClN4. The standard InChI is InChI=1S/C13H17ClN4/c14-9-6-7-12-11(8-9)16-13(17-15)18(12)10-4-2-1-3-5-10/h6-8,10H,1-5,15H2,(H,16,17). The number of aromatic nitrogens is 2. The Balaban J connectivity index is 2.12. The highest BCUT2D eigenvalue weighted by atomic mass is 35.5. The molecule has 0 aliphatic heterocycles. The maximum Gasteiger partial charge on any atom is 0.218 e. The fourth-order valence-electron chi connectivity index (χ4n) is 2.88. The highest BCUT2D eigenvalue weighted by Gasteiger charge is 2.21. The molecule has 5 heteroatoms. The summed E-state index contributed by atoms with van der Waals surface area (Å²) in [4.78, 5) is 4.51. The number of rotatable bonds is 2. The van der Waals surface area contributed by atoms with E-state index in [2.05, 4.69) is 15.0 Å². The highest BCUT2D eigenvalue weighted by molar-refractivity contribution is 6.31. The number of hydrogen-bond acceptors (Lipinski definition) is 3. The third-order valence-corrected chi connectivity index (χ3v) is 3.96. The number of hydrazine groups is 1. The number of benzene rings is 1. The molecule has 0 spiro atoms. The summed E-state index contributed by atoms with van der Waals surface area (Å²) in [7, 11) is 0. The Kier molecular flexibility index (Phi) is 3.14. The van der Waals surface area contributed by atoms with Gasteiger partial charge in [0.25, 0.3) is 0 Å². The van der Waals surface area contributed by atoms with Crippen LogP contribution in [0.5, 0.6) is 0 Å². The minimum atomic E-state index is 0.496. The van der Waals surface area contributed by atoms with Crippen LogP contribution < -0.4 is 11.3 Å². The molecule has 1 aliphatic rings. The van der Waals surface area contributed by atoms with Gasteiger partial charge >= 0.3 is 0 Å². The minimum Gasteiger partial charge on any atom is -0.306 e. The predicted molar refractivity (Wildman–Crippen MR) is 74.7 cm³/mol. The summed E-state index contributed by atoms with van der Waals surface area (Å²) in [5, 5.41) is 0.708. The van der Waals surface area contributed by atoms with Crippen molar-refractivity contribution in [3.8, 4) is 0 Å². The molecule has 0 radical (unpaired) electrons. The largest absolute Gasteiger partial charge is 0.306 e. The molecular weight excluding hydrogens is 248 g/mol. The van der Waals surface area contributed by atoms with Crippen molar-refractivity contribution in [2.75, 3.05) is 5.43 Å².